The van der Waals surface area contributed by atoms with Gasteiger partial charge in [0.15, 0.2) is 22.3 Å². The molecule has 2 atom stereocenters. The second kappa shape index (κ2) is 20.9. The number of carbonyl (C=O) groups excluding carboxylic acids is 4. The number of nitrogens with zero attached hydrogens (tertiary/aromatic N) is 5. The maximum atomic E-state index is 14.0. The van der Waals surface area contributed by atoms with Gasteiger partial charge in [-0.15, -0.1) is 11.3 Å². The highest BCUT2D eigenvalue weighted by molar-refractivity contribution is 7.84. The largest absolute Gasteiger partial charge is 0.485 e. The third-order valence-corrected chi connectivity index (χ3v) is 10.5. The van der Waals surface area contributed by atoms with Crippen LogP contribution in [0.5, 0.6) is 11.5 Å². The lowest BCUT2D eigenvalue weighted by Gasteiger charge is -2.44. The number of oxime groups is 1. The number of anilines is 1. The number of thiazole rings is 1. The van der Waals surface area contributed by atoms with Gasteiger partial charge in [-0.25, -0.2) is 24.4 Å². The SMILES string of the molecule is CC(C)(C)OC(=O)Nc1nc(/C(=N/OC(C)(C)C(=O)OC(C)(C)C)C(=O)N[C@@H]2C(=O)N(S(=O)(=O)O)[C@@H]2CN/C=C(\N=N)c2cc(OCc3ccccc3)c(OCc3ccccc3)cn2)cs1. The molecule has 0 radical (unpaired) electrons. The number of hydrogen-bond donors (Lipinski definition) is 5. The summed E-state index contributed by atoms with van der Waals surface area (Å²) in [6.45, 7) is 12.5. The average molecular weight is 950 g/mol. The second-order valence-corrected chi connectivity index (χ2v) is 19.1. The first-order valence-electron chi connectivity index (χ1n) is 20.2. The van der Waals surface area contributed by atoms with E-state index in [1.807, 2.05) is 60.7 Å². The van der Waals surface area contributed by atoms with Crippen LogP contribution in [-0.2, 0) is 52.2 Å². The van der Waals surface area contributed by atoms with E-state index in [-0.39, 0.29) is 45.5 Å². The molecule has 1 aliphatic heterocycles. The zero-order valence-electron chi connectivity index (χ0n) is 37.3. The number of β-lactam (4-membered cyclic amide) rings is 1. The molecule has 0 saturated carbocycles. The molecule has 5 N–H and O–H groups in total. The van der Waals surface area contributed by atoms with E-state index >= 15 is 0 Å². The quantitative estimate of drug-likeness (QED) is 0.0180. The highest BCUT2D eigenvalue weighted by Crippen LogP contribution is 2.32. The number of esters is 1. The van der Waals surface area contributed by atoms with Crippen LogP contribution in [-0.4, -0.2) is 92.3 Å². The number of hydrogen-bond acceptors (Lipinski definition) is 18. The molecule has 2 aromatic heterocycles. The number of pyridine rings is 1. The Morgan fingerprint density at radius 2 is 1.48 bits per heavy atom. The van der Waals surface area contributed by atoms with E-state index in [9.17, 15) is 32.1 Å². The molecule has 1 saturated heterocycles. The van der Waals surface area contributed by atoms with Crippen LogP contribution in [0, 0.1) is 5.53 Å². The summed E-state index contributed by atoms with van der Waals surface area (Å²) in [5.41, 5.74) is 5.48. The lowest BCUT2D eigenvalue weighted by atomic mass is 9.98. The first-order chi connectivity index (χ1) is 30.9. The predicted octanol–water partition coefficient (Wildman–Crippen LogP) is 6.00. The van der Waals surface area contributed by atoms with Crippen molar-refractivity contribution in [2.24, 2.45) is 10.3 Å². The van der Waals surface area contributed by atoms with Gasteiger partial charge in [0.2, 0.25) is 5.60 Å². The van der Waals surface area contributed by atoms with Crippen LogP contribution in [0.4, 0.5) is 9.93 Å². The predicted molar refractivity (Wildman–Crippen MR) is 241 cm³/mol. The summed E-state index contributed by atoms with van der Waals surface area (Å²) in [6, 6.07) is 17.3. The lowest BCUT2D eigenvalue weighted by molar-refractivity contribution is -0.179. The van der Waals surface area contributed by atoms with Crippen molar-refractivity contribution in [1.82, 2.24) is 24.9 Å². The number of amides is 3. The molecule has 352 valence electrons. The topological polar surface area (TPSA) is 282 Å². The minimum Gasteiger partial charge on any atom is -0.485 e. The van der Waals surface area contributed by atoms with Gasteiger partial charge in [0.05, 0.1) is 17.9 Å². The fourth-order valence-electron chi connectivity index (χ4n) is 5.70. The second-order valence-electron chi connectivity index (χ2n) is 17.0. The number of aromatic nitrogens is 2. The molecule has 0 bridgehead atoms. The fraction of sp³-hybridized carbons (Fsp3) is 0.372. The standard InChI is InChI=1S/C43H51N9O12S2/c1-41(2,3)62-38(55)43(7,8)64-51-34(30-25-65-39(47-30)49-40(56)63-42(4,5)6)36(53)48-35-31(52(37(35)54)66(57,58)59)21-45-20-29(50-44)28-19-32(60-23-26-15-11-9-12-16-26)33(22-46-28)61-24-27-17-13-10-14-18-27/h9-20,22,25,31,35,44-45H,21,23-24H2,1-8H3,(H,48,53)(H,47,49,56)(H,57,58,59)/b29-20-,50-44?,51-34-/t31-,35+/m1/s1. The van der Waals surface area contributed by atoms with E-state index in [1.54, 1.807) is 41.5 Å². The van der Waals surface area contributed by atoms with E-state index in [4.69, 9.17) is 29.3 Å². The van der Waals surface area contributed by atoms with E-state index in [0.29, 0.717) is 5.75 Å². The Labute approximate surface area is 385 Å². The minimum absolute atomic E-state index is 0.0217. The van der Waals surface area contributed by atoms with E-state index in [2.05, 4.69) is 36.2 Å². The van der Waals surface area contributed by atoms with E-state index in [1.165, 1.54) is 37.7 Å². The number of nitrogens with one attached hydrogen (secondary N) is 4. The van der Waals surface area contributed by atoms with Gasteiger partial charge in [0.25, 0.3) is 11.8 Å². The molecule has 23 heteroatoms. The Hall–Kier alpha value is -6.98. The van der Waals surface area contributed by atoms with Crippen molar-refractivity contribution in [2.45, 2.75) is 97.5 Å². The summed E-state index contributed by atoms with van der Waals surface area (Å²) >= 11 is 0.880. The molecule has 66 heavy (non-hydrogen) atoms. The molecular weight excluding hydrogens is 899 g/mol. The summed E-state index contributed by atoms with van der Waals surface area (Å²) < 4.78 is 57.8. The fourth-order valence-corrected chi connectivity index (χ4v) is 7.26. The first-order valence-corrected chi connectivity index (χ1v) is 22.4. The van der Waals surface area contributed by atoms with Crippen LogP contribution in [0.25, 0.3) is 5.70 Å². The Kier molecular flexibility index (Phi) is 15.8. The van der Waals surface area contributed by atoms with Gasteiger partial charge in [0, 0.05) is 24.2 Å². The van der Waals surface area contributed by atoms with Crippen LogP contribution in [0.3, 0.4) is 0 Å². The summed E-state index contributed by atoms with van der Waals surface area (Å²) in [5.74, 6) is -2.58. The van der Waals surface area contributed by atoms with Crippen LogP contribution in [0.2, 0.25) is 0 Å². The third-order valence-electron chi connectivity index (χ3n) is 8.78. The number of benzene rings is 2. The van der Waals surface area contributed by atoms with Gasteiger partial charge in [-0.3, -0.25) is 24.4 Å². The van der Waals surface area contributed by atoms with Gasteiger partial charge in [-0.2, -0.15) is 13.5 Å². The maximum Gasteiger partial charge on any atom is 0.413 e. The number of carbonyl (C=O) groups is 4. The third kappa shape index (κ3) is 14.0. The van der Waals surface area contributed by atoms with Gasteiger partial charge in [-0.05, 0) is 66.5 Å². The van der Waals surface area contributed by atoms with Gasteiger partial charge in [0.1, 0.15) is 41.8 Å². The Morgan fingerprint density at radius 3 is 2.05 bits per heavy atom. The smallest absolute Gasteiger partial charge is 0.413 e. The van der Waals surface area contributed by atoms with Gasteiger partial charge < -0.3 is 34.4 Å². The zero-order valence-corrected chi connectivity index (χ0v) is 39.0. The number of rotatable bonds is 19. The molecule has 1 aliphatic rings. The molecule has 3 amide bonds. The molecule has 0 spiro atoms. The summed E-state index contributed by atoms with van der Waals surface area (Å²) in [5, 5.41) is 16.4. The molecule has 5 rings (SSSR count). The van der Waals surface area contributed by atoms with Crippen LogP contribution in [0.15, 0.2) is 94.8 Å². The van der Waals surface area contributed by atoms with Crippen molar-refractivity contribution in [3.8, 4) is 11.5 Å². The molecule has 4 aromatic rings. The molecule has 2 aromatic carbocycles. The maximum absolute atomic E-state index is 14.0. The molecule has 3 heterocycles. The Balaban J connectivity index is 1.38. The molecule has 0 aliphatic carbocycles. The highest BCUT2D eigenvalue weighted by Gasteiger charge is 2.54. The van der Waals surface area contributed by atoms with Crippen LogP contribution in [0.1, 0.15) is 77.9 Å². The van der Waals surface area contributed by atoms with Crippen molar-refractivity contribution >= 4 is 62.1 Å². The Morgan fingerprint density at radius 1 is 0.894 bits per heavy atom. The summed E-state index contributed by atoms with van der Waals surface area (Å²) in [6.07, 6.45) is 1.78. The highest BCUT2D eigenvalue weighted by atomic mass is 32.2. The molecule has 0 unspecified atom stereocenters. The van der Waals surface area contributed by atoms with Gasteiger partial charge in [-0.1, -0.05) is 65.8 Å². The molecule has 1 fully saturated rings. The summed E-state index contributed by atoms with van der Waals surface area (Å²) in [7, 11) is -5.16. The minimum atomic E-state index is -5.16. The Bertz CT molecular complexity index is 2570. The first kappa shape index (κ1) is 50.0. The van der Waals surface area contributed by atoms with Crippen molar-refractivity contribution in [3.05, 3.63) is 107 Å². The lowest BCUT2D eigenvalue weighted by Crippen LogP contribution is -2.74. The van der Waals surface area contributed by atoms with Crippen LogP contribution >= 0.6 is 11.3 Å². The van der Waals surface area contributed by atoms with E-state index in [0.717, 1.165) is 22.5 Å². The summed E-state index contributed by atoms with van der Waals surface area (Å²) in [4.78, 5) is 66.9. The van der Waals surface area contributed by atoms with Crippen molar-refractivity contribution in [2.75, 3.05) is 11.9 Å². The molecule has 21 nitrogen and oxygen atoms in total. The number of ether oxygens (including phenoxy) is 4. The molecular formula is C43H51N9O12S2. The average Bonchev–Trinajstić information content (AvgIpc) is 3.68. The van der Waals surface area contributed by atoms with Crippen molar-refractivity contribution < 1.29 is 55.9 Å². The van der Waals surface area contributed by atoms with Gasteiger partial charge >= 0.3 is 22.4 Å². The van der Waals surface area contributed by atoms with Crippen molar-refractivity contribution in [1.29, 1.82) is 5.53 Å². The van der Waals surface area contributed by atoms with E-state index < -0.39 is 75.3 Å². The van der Waals surface area contributed by atoms with Crippen LogP contribution < -0.4 is 25.4 Å². The zero-order chi connectivity index (χ0) is 48.5. The monoisotopic (exact) mass is 949 g/mol. The van der Waals surface area contributed by atoms with Crippen molar-refractivity contribution in [3.63, 3.8) is 0 Å². The normalized spacial score (nSPS) is 15.8.